The van der Waals surface area contributed by atoms with Gasteiger partial charge in [-0.15, -0.1) is 0 Å². The summed E-state index contributed by atoms with van der Waals surface area (Å²) in [6, 6.07) is 7.13. The van der Waals surface area contributed by atoms with Gasteiger partial charge in [-0.25, -0.2) is 13.2 Å². The van der Waals surface area contributed by atoms with Crippen LogP contribution in [-0.4, -0.2) is 6.29 Å². The molecular formula is C14H9F3O2. The van der Waals surface area contributed by atoms with Crippen LogP contribution in [0, 0.1) is 17.5 Å². The molecule has 0 amide bonds. The lowest BCUT2D eigenvalue weighted by atomic mass is 10.2. The maximum Gasteiger partial charge on any atom is 0.159 e. The van der Waals surface area contributed by atoms with Gasteiger partial charge in [0.05, 0.1) is 5.56 Å². The average molecular weight is 266 g/mol. The highest BCUT2D eigenvalue weighted by molar-refractivity contribution is 5.75. The molecule has 0 aliphatic rings. The van der Waals surface area contributed by atoms with Crippen LogP contribution in [-0.2, 0) is 6.61 Å². The molecule has 0 fully saturated rings. The molecular weight excluding hydrogens is 257 g/mol. The predicted octanol–water partition coefficient (Wildman–Crippen LogP) is 3.50. The smallest absolute Gasteiger partial charge is 0.159 e. The summed E-state index contributed by atoms with van der Waals surface area (Å²) < 4.78 is 44.1. The highest BCUT2D eigenvalue weighted by atomic mass is 19.2. The largest absolute Gasteiger partial charge is 0.489 e. The zero-order chi connectivity index (χ0) is 13.8. The molecule has 0 N–H and O–H groups in total. The molecule has 2 aromatic rings. The van der Waals surface area contributed by atoms with Crippen molar-refractivity contribution < 1.29 is 22.7 Å². The molecule has 0 atom stereocenters. The number of carbonyl (C=O) groups is 1. The van der Waals surface area contributed by atoms with E-state index in [2.05, 4.69) is 0 Å². The minimum absolute atomic E-state index is 0.0307. The second-order valence-corrected chi connectivity index (χ2v) is 3.84. The SMILES string of the molecule is O=Cc1ccc(OCc2ccc(F)c(F)c2)cc1F. The number of ether oxygens (including phenoxy) is 1. The molecule has 19 heavy (non-hydrogen) atoms. The first kappa shape index (κ1) is 13.1. The van der Waals surface area contributed by atoms with E-state index in [0.29, 0.717) is 11.8 Å². The van der Waals surface area contributed by atoms with Crippen LogP contribution in [0.25, 0.3) is 0 Å². The zero-order valence-corrected chi connectivity index (χ0v) is 9.70. The molecule has 5 heteroatoms. The Labute approximate surface area is 107 Å². The van der Waals surface area contributed by atoms with E-state index < -0.39 is 17.5 Å². The summed E-state index contributed by atoms with van der Waals surface area (Å²) in [5.74, 6) is -2.40. The average Bonchev–Trinajstić information content (AvgIpc) is 2.40. The molecule has 0 unspecified atom stereocenters. The molecule has 0 saturated heterocycles. The number of hydrogen-bond acceptors (Lipinski definition) is 2. The van der Waals surface area contributed by atoms with Gasteiger partial charge < -0.3 is 4.74 Å². The van der Waals surface area contributed by atoms with Gasteiger partial charge in [-0.1, -0.05) is 6.07 Å². The Kier molecular flexibility index (Phi) is 3.85. The lowest BCUT2D eigenvalue weighted by Gasteiger charge is -2.07. The first-order valence-corrected chi connectivity index (χ1v) is 5.41. The number of rotatable bonds is 4. The predicted molar refractivity (Wildman–Crippen MR) is 62.5 cm³/mol. The Hall–Kier alpha value is -2.30. The number of halogens is 3. The first-order valence-electron chi connectivity index (χ1n) is 5.41. The number of carbonyl (C=O) groups excluding carboxylic acids is 1. The molecule has 98 valence electrons. The van der Waals surface area contributed by atoms with E-state index in [1.165, 1.54) is 18.2 Å². The summed E-state index contributed by atoms with van der Waals surface area (Å²) in [6.45, 7) is -0.0307. The van der Waals surface area contributed by atoms with E-state index >= 15 is 0 Å². The lowest BCUT2D eigenvalue weighted by Crippen LogP contribution is -1.98. The van der Waals surface area contributed by atoms with Crippen molar-refractivity contribution in [1.29, 1.82) is 0 Å². The molecule has 2 rings (SSSR count). The summed E-state index contributed by atoms with van der Waals surface area (Å²) in [5, 5.41) is 0. The number of aldehydes is 1. The van der Waals surface area contributed by atoms with Crippen molar-refractivity contribution in [3.63, 3.8) is 0 Å². The lowest BCUT2D eigenvalue weighted by molar-refractivity contribution is 0.111. The Bertz CT molecular complexity index is 612. The molecule has 2 nitrogen and oxygen atoms in total. The fourth-order valence-corrected chi connectivity index (χ4v) is 1.49. The van der Waals surface area contributed by atoms with Gasteiger partial charge in [-0.05, 0) is 29.8 Å². The quantitative estimate of drug-likeness (QED) is 0.792. The van der Waals surface area contributed by atoms with E-state index in [0.717, 1.165) is 18.2 Å². The van der Waals surface area contributed by atoms with Crippen LogP contribution >= 0.6 is 0 Å². The molecule has 0 spiro atoms. The van der Waals surface area contributed by atoms with E-state index in [-0.39, 0.29) is 17.9 Å². The second kappa shape index (κ2) is 5.56. The van der Waals surface area contributed by atoms with Crippen LogP contribution in [0.1, 0.15) is 15.9 Å². The highest BCUT2D eigenvalue weighted by Gasteiger charge is 2.05. The van der Waals surface area contributed by atoms with Crippen molar-refractivity contribution >= 4 is 6.29 Å². The third-order valence-corrected chi connectivity index (χ3v) is 2.49. The molecule has 0 radical (unpaired) electrons. The molecule has 0 aliphatic carbocycles. The van der Waals surface area contributed by atoms with Crippen LogP contribution in [0.2, 0.25) is 0 Å². The second-order valence-electron chi connectivity index (χ2n) is 3.84. The topological polar surface area (TPSA) is 26.3 Å². The summed E-state index contributed by atoms with van der Waals surface area (Å²) in [5.41, 5.74) is 0.346. The minimum Gasteiger partial charge on any atom is -0.489 e. The van der Waals surface area contributed by atoms with Crippen molar-refractivity contribution in [3.8, 4) is 5.75 Å². The fourth-order valence-electron chi connectivity index (χ4n) is 1.49. The molecule has 0 bridgehead atoms. The van der Waals surface area contributed by atoms with Crippen molar-refractivity contribution in [1.82, 2.24) is 0 Å². The van der Waals surface area contributed by atoms with Crippen LogP contribution < -0.4 is 4.74 Å². The maximum atomic E-state index is 13.3. The third kappa shape index (κ3) is 3.13. The third-order valence-electron chi connectivity index (χ3n) is 2.49. The summed E-state index contributed by atoms with van der Waals surface area (Å²) in [7, 11) is 0. The van der Waals surface area contributed by atoms with Crippen molar-refractivity contribution in [2.24, 2.45) is 0 Å². The number of hydrogen-bond donors (Lipinski definition) is 0. The molecule has 0 saturated carbocycles. The Balaban J connectivity index is 2.07. The van der Waals surface area contributed by atoms with E-state index in [1.807, 2.05) is 0 Å². The summed E-state index contributed by atoms with van der Waals surface area (Å²) >= 11 is 0. The van der Waals surface area contributed by atoms with Crippen molar-refractivity contribution in [2.45, 2.75) is 6.61 Å². The van der Waals surface area contributed by atoms with Crippen LogP contribution in [0.15, 0.2) is 36.4 Å². The van der Waals surface area contributed by atoms with Crippen molar-refractivity contribution in [2.75, 3.05) is 0 Å². The molecule has 0 aliphatic heterocycles. The van der Waals surface area contributed by atoms with Crippen molar-refractivity contribution in [3.05, 3.63) is 65.0 Å². The van der Waals surface area contributed by atoms with E-state index in [9.17, 15) is 18.0 Å². The van der Waals surface area contributed by atoms with Gasteiger partial charge in [-0.3, -0.25) is 4.79 Å². The monoisotopic (exact) mass is 266 g/mol. The van der Waals surface area contributed by atoms with E-state index in [1.54, 1.807) is 0 Å². The Morgan fingerprint density at radius 1 is 0.947 bits per heavy atom. The van der Waals surface area contributed by atoms with Gasteiger partial charge in [0.2, 0.25) is 0 Å². The van der Waals surface area contributed by atoms with Gasteiger partial charge in [0.15, 0.2) is 17.9 Å². The van der Waals surface area contributed by atoms with Gasteiger partial charge >= 0.3 is 0 Å². The van der Waals surface area contributed by atoms with Gasteiger partial charge in [0, 0.05) is 6.07 Å². The normalized spacial score (nSPS) is 10.3. The zero-order valence-electron chi connectivity index (χ0n) is 9.70. The summed E-state index contributed by atoms with van der Waals surface area (Å²) in [6.07, 6.45) is 0.397. The van der Waals surface area contributed by atoms with Crippen LogP contribution in [0.3, 0.4) is 0 Å². The highest BCUT2D eigenvalue weighted by Crippen LogP contribution is 2.17. The first-order chi connectivity index (χ1) is 9.10. The molecule has 2 aromatic carbocycles. The van der Waals surface area contributed by atoms with Crippen LogP contribution in [0.5, 0.6) is 5.75 Å². The minimum atomic E-state index is -0.969. The van der Waals surface area contributed by atoms with Gasteiger partial charge in [0.25, 0.3) is 0 Å². The number of benzene rings is 2. The Morgan fingerprint density at radius 2 is 1.74 bits per heavy atom. The maximum absolute atomic E-state index is 13.3. The standard InChI is InChI=1S/C14H9F3O2/c15-12-4-1-9(5-14(12)17)8-19-11-3-2-10(7-18)13(16)6-11/h1-7H,8H2. The van der Waals surface area contributed by atoms with E-state index in [4.69, 9.17) is 4.74 Å². The van der Waals surface area contributed by atoms with Gasteiger partial charge in [0.1, 0.15) is 18.2 Å². The summed E-state index contributed by atoms with van der Waals surface area (Å²) in [4.78, 5) is 10.4. The fraction of sp³-hybridized carbons (Fsp3) is 0.0714. The van der Waals surface area contributed by atoms with Gasteiger partial charge in [-0.2, -0.15) is 0 Å². The molecule has 0 heterocycles. The van der Waals surface area contributed by atoms with Crippen LogP contribution in [0.4, 0.5) is 13.2 Å². The Morgan fingerprint density at radius 3 is 2.37 bits per heavy atom. The molecule has 0 aromatic heterocycles.